The van der Waals surface area contributed by atoms with Gasteiger partial charge in [-0.2, -0.15) is 0 Å². The molecule has 0 aliphatic carbocycles. The van der Waals surface area contributed by atoms with Crippen molar-refractivity contribution in [1.82, 2.24) is 9.62 Å². The van der Waals surface area contributed by atoms with E-state index in [1.165, 1.54) is 18.3 Å². The van der Waals surface area contributed by atoms with Crippen molar-refractivity contribution in [2.75, 3.05) is 13.2 Å². The minimum Gasteiger partial charge on any atom is -0.494 e. The molecular weight excluding hydrogens is 372 g/mol. The molecule has 1 amide bonds. The average Bonchev–Trinajstić information content (AvgIpc) is 3.05. The van der Waals surface area contributed by atoms with Gasteiger partial charge in [0.1, 0.15) is 9.96 Å². The number of benzene rings is 1. The van der Waals surface area contributed by atoms with Crippen molar-refractivity contribution in [3.63, 3.8) is 0 Å². The van der Waals surface area contributed by atoms with E-state index < -0.39 is 10.0 Å². The molecule has 26 heavy (non-hydrogen) atoms. The second-order valence-electron chi connectivity index (χ2n) is 6.07. The van der Waals surface area contributed by atoms with E-state index in [1.807, 2.05) is 31.2 Å². The Morgan fingerprint density at radius 1 is 1.35 bits per heavy atom. The van der Waals surface area contributed by atoms with E-state index in [0.29, 0.717) is 36.1 Å². The van der Waals surface area contributed by atoms with Crippen molar-refractivity contribution >= 4 is 27.3 Å². The third-order valence-electron chi connectivity index (χ3n) is 4.28. The smallest absolute Gasteiger partial charge is 0.250 e. The quantitative estimate of drug-likeness (QED) is 0.817. The fourth-order valence-corrected chi connectivity index (χ4v) is 5.49. The van der Waals surface area contributed by atoms with Gasteiger partial charge in [0.25, 0.3) is 0 Å². The summed E-state index contributed by atoms with van der Waals surface area (Å²) in [5.74, 6) is 0.692. The monoisotopic (exact) mass is 394 g/mol. The van der Waals surface area contributed by atoms with Gasteiger partial charge in [-0.3, -0.25) is 4.79 Å². The fourth-order valence-electron chi connectivity index (χ4n) is 2.90. The van der Waals surface area contributed by atoms with Crippen molar-refractivity contribution in [3.05, 3.63) is 46.3 Å². The Morgan fingerprint density at radius 2 is 2.12 bits per heavy atom. The molecule has 2 aromatic rings. The Morgan fingerprint density at radius 3 is 2.85 bits per heavy atom. The summed E-state index contributed by atoms with van der Waals surface area (Å²) in [5.41, 5.74) is 1.72. The van der Waals surface area contributed by atoms with Crippen LogP contribution in [0.2, 0.25) is 0 Å². The van der Waals surface area contributed by atoms with Crippen LogP contribution in [-0.2, 0) is 34.3 Å². The van der Waals surface area contributed by atoms with E-state index in [1.54, 1.807) is 11.0 Å². The molecular formula is C18H22N2O4S2. The Bertz CT molecular complexity index is 906. The number of nitrogens with one attached hydrogen (secondary N) is 1. The van der Waals surface area contributed by atoms with Crippen molar-refractivity contribution in [2.45, 2.75) is 37.6 Å². The van der Waals surface area contributed by atoms with E-state index in [0.717, 1.165) is 16.0 Å². The number of fused-ring (bicyclic) bond motifs is 1. The summed E-state index contributed by atoms with van der Waals surface area (Å²) in [5, 5.41) is 0. The van der Waals surface area contributed by atoms with Crippen LogP contribution in [0.25, 0.3) is 0 Å². The number of sulfonamides is 1. The van der Waals surface area contributed by atoms with Crippen LogP contribution in [0, 0.1) is 0 Å². The summed E-state index contributed by atoms with van der Waals surface area (Å²) in [6.07, 6.45) is 0.697. The molecule has 0 fully saturated rings. The average molecular weight is 395 g/mol. The lowest BCUT2D eigenvalue weighted by Crippen LogP contribution is -2.33. The zero-order chi connectivity index (χ0) is 18.7. The molecule has 1 aliphatic heterocycles. The molecule has 0 radical (unpaired) electrons. The van der Waals surface area contributed by atoms with Crippen LogP contribution in [0.15, 0.2) is 34.5 Å². The third-order valence-corrected chi connectivity index (χ3v) is 7.39. The maximum atomic E-state index is 12.7. The summed E-state index contributed by atoms with van der Waals surface area (Å²) in [7, 11) is -3.61. The summed E-state index contributed by atoms with van der Waals surface area (Å²) in [6.45, 7) is 5.23. The van der Waals surface area contributed by atoms with Crippen LogP contribution in [-0.4, -0.2) is 32.4 Å². The van der Waals surface area contributed by atoms with Gasteiger partial charge < -0.3 is 9.64 Å². The van der Waals surface area contributed by atoms with Gasteiger partial charge in [0, 0.05) is 37.0 Å². The molecule has 1 aromatic heterocycles. The van der Waals surface area contributed by atoms with Gasteiger partial charge in [-0.05, 0) is 31.0 Å². The highest BCUT2D eigenvalue weighted by Crippen LogP contribution is 2.31. The molecule has 0 bridgehead atoms. The SMILES string of the molecule is CCOc1ccccc1CNS(=O)(=O)c1cc2c(s1)CCN(C(C)=O)C2. The maximum Gasteiger partial charge on any atom is 0.250 e. The molecule has 0 spiro atoms. The predicted molar refractivity (Wildman–Crippen MR) is 101 cm³/mol. The van der Waals surface area contributed by atoms with Gasteiger partial charge >= 0.3 is 0 Å². The number of thiophene rings is 1. The molecule has 1 aliphatic rings. The van der Waals surface area contributed by atoms with Crippen LogP contribution in [0.5, 0.6) is 5.75 Å². The van der Waals surface area contributed by atoms with Crippen LogP contribution >= 0.6 is 11.3 Å². The first-order valence-electron chi connectivity index (χ1n) is 8.48. The standard InChI is InChI=1S/C18H22N2O4S2/c1-3-24-16-7-5-4-6-14(16)11-19-26(22,23)18-10-15-12-20(13(2)21)9-8-17(15)25-18/h4-7,10,19H,3,8-9,11-12H2,1-2H3. The van der Waals surface area contributed by atoms with E-state index >= 15 is 0 Å². The fraction of sp³-hybridized carbons (Fsp3) is 0.389. The summed E-state index contributed by atoms with van der Waals surface area (Å²) >= 11 is 1.29. The van der Waals surface area contributed by atoms with Gasteiger partial charge in [-0.15, -0.1) is 11.3 Å². The number of rotatable bonds is 6. The number of nitrogens with zero attached hydrogens (tertiary/aromatic N) is 1. The van der Waals surface area contributed by atoms with E-state index in [4.69, 9.17) is 4.74 Å². The molecule has 2 heterocycles. The number of carbonyl (C=O) groups excluding carboxylic acids is 1. The number of hydrogen-bond acceptors (Lipinski definition) is 5. The molecule has 3 rings (SSSR count). The number of amides is 1. The van der Waals surface area contributed by atoms with Gasteiger partial charge in [0.2, 0.25) is 15.9 Å². The topological polar surface area (TPSA) is 75.7 Å². The molecule has 0 atom stereocenters. The highest BCUT2D eigenvalue weighted by atomic mass is 32.2. The Hall–Kier alpha value is -1.90. The van der Waals surface area contributed by atoms with Crippen molar-refractivity contribution < 1.29 is 17.9 Å². The van der Waals surface area contributed by atoms with Crippen molar-refractivity contribution in [2.24, 2.45) is 0 Å². The largest absolute Gasteiger partial charge is 0.494 e. The normalized spacial score (nSPS) is 14.2. The predicted octanol–water partition coefficient (Wildman–Crippen LogP) is 2.53. The lowest BCUT2D eigenvalue weighted by atomic mass is 10.1. The minimum atomic E-state index is -3.61. The number of carbonyl (C=O) groups is 1. The first-order valence-corrected chi connectivity index (χ1v) is 10.8. The molecule has 1 aromatic carbocycles. The minimum absolute atomic E-state index is 0.0110. The second kappa shape index (κ2) is 7.77. The molecule has 8 heteroatoms. The third kappa shape index (κ3) is 4.08. The Balaban J connectivity index is 1.75. The van der Waals surface area contributed by atoms with Gasteiger partial charge in [-0.1, -0.05) is 18.2 Å². The Labute approximate surface area is 157 Å². The van der Waals surface area contributed by atoms with Gasteiger partial charge in [0.15, 0.2) is 0 Å². The van der Waals surface area contributed by atoms with Crippen molar-refractivity contribution in [3.8, 4) is 5.75 Å². The van der Waals surface area contributed by atoms with E-state index in [2.05, 4.69) is 4.72 Å². The molecule has 140 valence electrons. The second-order valence-corrected chi connectivity index (χ2v) is 9.20. The van der Waals surface area contributed by atoms with Crippen LogP contribution in [0.3, 0.4) is 0 Å². The van der Waals surface area contributed by atoms with E-state index in [-0.39, 0.29) is 12.5 Å². The molecule has 0 saturated heterocycles. The number of hydrogen-bond donors (Lipinski definition) is 1. The van der Waals surface area contributed by atoms with Gasteiger partial charge in [-0.25, -0.2) is 13.1 Å². The summed E-state index contributed by atoms with van der Waals surface area (Å²) in [6, 6.07) is 9.07. The van der Waals surface area contributed by atoms with Crippen LogP contribution in [0.4, 0.5) is 0 Å². The molecule has 0 saturated carbocycles. The van der Waals surface area contributed by atoms with E-state index in [9.17, 15) is 13.2 Å². The van der Waals surface area contributed by atoms with Crippen molar-refractivity contribution in [1.29, 1.82) is 0 Å². The highest BCUT2D eigenvalue weighted by Gasteiger charge is 2.25. The van der Waals surface area contributed by atoms with Crippen LogP contribution in [0.1, 0.15) is 29.9 Å². The first-order chi connectivity index (χ1) is 12.4. The van der Waals surface area contributed by atoms with Gasteiger partial charge in [0.05, 0.1) is 6.61 Å². The lowest BCUT2D eigenvalue weighted by Gasteiger charge is -2.25. The maximum absolute atomic E-state index is 12.7. The zero-order valence-corrected chi connectivity index (χ0v) is 16.5. The lowest BCUT2D eigenvalue weighted by molar-refractivity contribution is -0.129. The molecule has 0 unspecified atom stereocenters. The first kappa shape index (κ1) is 18.9. The molecule has 6 nitrogen and oxygen atoms in total. The number of ether oxygens (including phenoxy) is 1. The number of para-hydroxylation sites is 1. The molecule has 1 N–H and O–H groups in total. The summed E-state index contributed by atoms with van der Waals surface area (Å²) in [4.78, 5) is 14.3. The summed E-state index contributed by atoms with van der Waals surface area (Å²) < 4.78 is 33.9. The van der Waals surface area contributed by atoms with Crippen LogP contribution < -0.4 is 9.46 Å². The zero-order valence-electron chi connectivity index (χ0n) is 14.8. The highest BCUT2D eigenvalue weighted by molar-refractivity contribution is 7.91. The Kier molecular flexibility index (Phi) is 5.64.